The average Bonchev–Trinajstić information content (AvgIpc) is 2.67. The second-order valence-electron chi connectivity index (χ2n) is 6.29. The minimum Gasteiger partial charge on any atom is -0.445 e. The Kier molecular flexibility index (Phi) is 5.87. The van der Waals surface area contributed by atoms with E-state index in [9.17, 15) is 9.00 Å². The number of carbonyl (C=O) groups is 1. The number of hydrogen-bond donors (Lipinski definition) is 0. The Balaban J connectivity index is 1.55. The number of nitrogens with zero attached hydrogens (tertiary/aromatic N) is 1. The predicted molar refractivity (Wildman–Crippen MR) is 98.9 cm³/mol. The van der Waals surface area contributed by atoms with E-state index < -0.39 is 10.8 Å². The molecule has 0 saturated carbocycles. The van der Waals surface area contributed by atoms with Crippen LogP contribution in [0.5, 0.6) is 0 Å². The molecule has 1 atom stereocenters. The lowest BCUT2D eigenvalue weighted by molar-refractivity contribution is 0.0869. The van der Waals surface area contributed by atoms with Crippen molar-refractivity contribution in [1.29, 1.82) is 0 Å². The molecule has 1 heterocycles. The van der Waals surface area contributed by atoms with Crippen molar-refractivity contribution in [2.45, 2.75) is 30.3 Å². The molecule has 0 bridgehead atoms. The smallest absolute Gasteiger partial charge is 0.410 e. The van der Waals surface area contributed by atoms with Crippen LogP contribution in [0.4, 0.5) is 4.79 Å². The molecule has 5 heteroatoms. The molecule has 1 aliphatic rings. The van der Waals surface area contributed by atoms with Crippen molar-refractivity contribution in [3.05, 3.63) is 65.7 Å². The average molecular weight is 357 g/mol. The molecule has 25 heavy (non-hydrogen) atoms. The van der Waals surface area contributed by atoms with Crippen LogP contribution in [0.3, 0.4) is 0 Å². The number of ether oxygens (including phenoxy) is 1. The third kappa shape index (κ3) is 4.48. The Bertz CT molecular complexity index is 740. The summed E-state index contributed by atoms with van der Waals surface area (Å²) >= 11 is 0. The quantitative estimate of drug-likeness (QED) is 0.833. The van der Waals surface area contributed by atoms with Gasteiger partial charge in [-0.05, 0) is 36.0 Å². The summed E-state index contributed by atoms with van der Waals surface area (Å²) in [5.41, 5.74) is 2.14. The molecule has 4 nitrogen and oxygen atoms in total. The van der Waals surface area contributed by atoms with E-state index in [1.807, 2.05) is 48.5 Å². The fourth-order valence-electron chi connectivity index (χ4n) is 3.26. The van der Waals surface area contributed by atoms with Crippen LogP contribution < -0.4 is 0 Å². The second kappa shape index (κ2) is 8.30. The molecular formula is C20H23NO3S. The van der Waals surface area contributed by atoms with Gasteiger partial charge in [-0.1, -0.05) is 48.5 Å². The zero-order valence-electron chi connectivity index (χ0n) is 14.4. The highest BCUT2D eigenvalue weighted by Gasteiger charge is 2.26. The molecule has 0 aromatic heterocycles. The lowest BCUT2D eigenvalue weighted by Gasteiger charge is -2.32. The highest BCUT2D eigenvalue weighted by atomic mass is 32.2. The van der Waals surface area contributed by atoms with Crippen molar-refractivity contribution in [3.63, 3.8) is 0 Å². The van der Waals surface area contributed by atoms with Crippen LogP contribution in [-0.4, -0.2) is 34.5 Å². The Morgan fingerprint density at radius 1 is 1.08 bits per heavy atom. The standard InChI is InChI=1S/C20H23NO3S/c1-25(23)19-10-6-5-9-18(19)17-11-13-21(14-12-17)20(22)24-15-16-7-3-2-4-8-16/h2-10,17H,11-15H2,1H3/t25-/m0/s1. The summed E-state index contributed by atoms with van der Waals surface area (Å²) in [6, 6.07) is 17.6. The molecule has 132 valence electrons. The topological polar surface area (TPSA) is 46.6 Å². The number of benzene rings is 2. The van der Waals surface area contributed by atoms with E-state index in [0.717, 1.165) is 28.9 Å². The van der Waals surface area contributed by atoms with Gasteiger partial charge in [0, 0.05) is 24.2 Å². The Hall–Kier alpha value is -2.14. The summed E-state index contributed by atoms with van der Waals surface area (Å²) in [6.45, 7) is 1.64. The summed E-state index contributed by atoms with van der Waals surface area (Å²) in [5, 5.41) is 0. The molecule has 0 radical (unpaired) electrons. The summed E-state index contributed by atoms with van der Waals surface area (Å²) < 4.78 is 17.3. The predicted octanol–water partition coefficient (Wildman–Crippen LogP) is 3.94. The van der Waals surface area contributed by atoms with Gasteiger partial charge in [-0.25, -0.2) is 4.79 Å². The fourth-order valence-corrected chi connectivity index (χ4v) is 4.10. The normalized spacial score (nSPS) is 16.4. The maximum atomic E-state index is 12.2. The summed E-state index contributed by atoms with van der Waals surface area (Å²) in [7, 11) is -0.989. The van der Waals surface area contributed by atoms with Crippen molar-refractivity contribution in [3.8, 4) is 0 Å². The van der Waals surface area contributed by atoms with Gasteiger partial charge in [-0.2, -0.15) is 0 Å². The molecular weight excluding hydrogens is 334 g/mol. The van der Waals surface area contributed by atoms with Gasteiger partial charge >= 0.3 is 6.09 Å². The maximum Gasteiger partial charge on any atom is 0.410 e. The number of piperidine rings is 1. The Labute approximate surface area is 151 Å². The van der Waals surface area contributed by atoms with Crippen molar-refractivity contribution < 1.29 is 13.7 Å². The molecule has 1 saturated heterocycles. The van der Waals surface area contributed by atoms with E-state index >= 15 is 0 Å². The van der Waals surface area contributed by atoms with Crippen LogP contribution in [0, 0.1) is 0 Å². The third-order valence-electron chi connectivity index (χ3n) is 4.63. The van der Waals surface area contributed by atoms with Crippen LogP contribution in [0.15, 0.2) is 59.5 Å². The fraction of sp³-hybridized carbons (Fsp3) is 0.350. The van der Waals surface area contributed by atoms with E-state index in [1.165, 1.54) is 0 Å². The van der Waals surface area contributed by atoms with E-state index in [1.54, 1.807) is 11.2 Å². The summed E-state index contributed by atoms with van der Waals surface area (Å²) in [4.78, 5) is 14.9. The van der Waals surface area contributed by atoms with E-state index in [2.05, 4.69) is 6.07 Å². The van der Waals surface area contributed by atoms with Gasteiger partial charge < -0.3 is 9.64 Å². The van der Waals surface area contributed by atoms with Crippen molar-refractivity contribution in [2.75, 3.05) is 19.3 Å². The van der Waals surface area contributed by atoms with Crippen molar-refractivity contribution in [2.24, 2.45) is 0 Å². The molecule has 1 aliphatic heterocycles. The van der Waals surface area contributed by atoms with Gasteiger partial charge in [0.05, 0.1) is 10.8 Å². The lowest BCUT2D eigenvalue weighted by atomic mass is 9.89. The molecule has 2 aromatic rings. The van der Waals surface area contributed by atoms with Crippen LogP contribution in [0.2, 0.25) is 0 Å². The van der Waals surface area contributed by atoms with Gasteiger partial charge in [-0.15, -0.1) is 0 Å². The highest BCUT2D eigenvalue weighted by molar-refractivity contribution is 7.84. The Morgan fingerprint density at radius 2 is 1.72 bits per heavy atom. The first-order valence-corrected chi connectivity index (χ1v) is 10.1. The maximum absolute atomic E-state index is 12.2. The number of amides is 1. The zero-order valence-corrected chi connectivity index (χ0v) is 15.2. The minimum absolute atomic E-state index is 0.255. The van der Waals surface area contributed by atoms with Crippen LogP contribution in [-0.2, 0) is 22.1 Å². The van der Waals surface area contributed by atoms with Crippen molar-refractivity contribution in [1.82, 2.24) is 4.90 Å². The molecule has 1 amide bonds. The first kappa shape index (κ1) is 17.7. The van der Waals surface area contributed by atoms with Crippen LogP contribution in [0.25, 0.3) is 0 Å². The zero-order chi connectivity index (χ0) is 17.6. The molecule has 3 rings (SSSR count). The molecule has 0 spiro atoms. The van der Waals surface area contributed by atoms with Gasteiger partial charge in [0.1, 0.15) is 6.61 Å². The monoisotopic (exact) mass is 357 g/mol. The largest absolute Gasteiger partial charge is 0.445 e. The number of rotatable bonds is 4. The summed E-state index contributed by atoms with van der Waals surface area (Å²) in [5.74, 6) is 0.346. The van der Waals surface area contributed by atoms with Gasteiger partial charge in [0.25, 0.3) is 0 Å². The summed E-state index contributed by atoms with van der Waals surface area (Å²) in [6.07, 6.45) is 3.20. The van der Waals surface area contributed by atoms with Crippen LogP contribution >= 0.6 is 0 Å². The molecule has 2 aromatic carbocycles. The van der Waals surface area contributed by atoms with E-state index in [4.69, 9.17) is 4.74 Å². The van der Waals surface area contributed by atoms with Crippen molar-refractivity contribution >= 4 is 16.9 Å². The first-order chi connectivity index (χ1) is 12.1. The van der Waals surface area contributed by atoms with E-state index in [0.29, 0.717) is 25.6 Å². The highest BCUT2D eigenvalue weighted by Crippen LogP contribution is 2.31. The molecule has 1 fully saturated rings. The first-order valence-electron chi connectivity index (χ1n) is 8.53. The van der Waals surface area contributed by atoms with E-state index in [-0.39, 0.29) is 6.09 Å². The molecule has 0 N–H and O–H groups in total. The number of hydrogen-bond acceptors (Lipinski definition) is 3. The Morgan fingerprint density at radius 3 is 2.40 bits per heavy atom. The van der Waals surface area contributed by atoms with Crippen LogP contribution in [0.1, 0.15) is 29.9 Å². The SMILES string of the molecule is C[S@](=O)c1ccccc1C1CCN(C(=O)OCc2ccccc2)CC1. The van der Waals surface area contributed by atoms with Gasteiger partial charge in [0.2, 0.25) is 0 Å². The lowest BCUT2D eigenvalue weighted by Crippen LogP contribution is -2.38. The third-order valence-corrected chi connectivity index (χ3v) is 5.62. The van der Waals surface area contributed by atoms with Gasteiger partial charge in [0.15, 0.2) is 0 Å². The number of likely N-dealkylation sites (tertiary alicyclic amines) is 1. The molecule has 0 aliphatic carbocycles. The minimum atomic E-state index is -0.989. The number of carbonyl (C=O) groups excluding carboxylic acids is 1. The van der Waals surface area contributed by atoms with Gasteiger partial charge in [-0.3, -0.25) is 4.21 Å². The second-order valence-corrected chi connectivity index (χ2v) is 7.64. The molecule has 0 unspecified atom stereocenters.